The van der Waals surface area contributed by atoms with E-state index in [1.807, 2.05) is 26.0 Å². The minimum absolute atomic E-state index is 0.103. The highest BCUT2D eigenvalue weighted by Gasteiger charge is 2.20. The maximum absolute atomic E-state index is 12.4. The molecule has 21 heavy (non-hydrogen) atoms. The van der Waals surface area contributed by atoms with Crippen LogP contribution in [-0.2, 0) is 16.4 Å². The second-order valence-corrected chi connectivity index (χ2v) is 8.89. The van der Waals surface area contributed by atoms with Crippen molar-refractivity contribution >= 4 is 43.0 Å². The SMILES string of the molecule is Cc1ccc(CC(C)NS(=O)(=O)c2cc(Br)ccc2N)s1. The smallest absolute Gasteiger partial charge is 0.242 e. The molecule has 0 amide bonds. The monoisotopic (exact) mass is 388 g/mol. The van der Waals surface area contributed by atoms with Crippen LogP contribution in [0.25, 0.3) is 0 Å². The summed E-state index contributed by atoms with van der Waals surface area (Å²) in [6.07, 6.45) is 0.658. The first-order valence-corrected chi connectivity index (χ1v) is 9.50. The quantitative estimate of drug-likeness (QED) is 0.771. The number of hydrogen-bond acceptors (Lipinski definition) is 4. The maximum Gasteiger partial charge on any atom is 0.242 e. The van der Waals surface area contributed by atoms with Gasteiger partial charge in [-0.3, -0.25) is 0 Å². The van der Waals surface area contributed by atoms with Gasteiger partial charge in [0.1, 0.15) is 4.90 Å². The van der Waals surface area contributed by atoms with Crippen LogP contribution in [0.2, 0.25) is 0 Å². The van der Waals surface area contributed by atoms with Crippen LogP contribution < -0.4 is 10.5 Å². The summed E-state index contributed by atoms with van der Waals surface area (Å²) in [5, 5.41) is 0. The number of rotatable bonds is 5. The fourth-order valence-electron chi connectivity index (χ4n) is 2.01. The molecule has 0 saturated carbocycles. The van der Waals surface area contributed by atoms with E-state index in [4.69, 9.17) is 5.73 Å². The molecule has 4 nitrogen and oxygen atoms in total. The molecule has 2 aromatic rings. The van der Waals surface area contributed by atoms with E-state index < -0.39 is 10.0 Å². The zero-order valence-corrected chi connectivity index (χ0v) is 15.0. The topological polar surface area (TPSA) is 72.2 Å². The Bertz CT molecular complexity index is 741. The lowest BCUT2D eigenvalue weighted by molar-refractivity contribution is 0.561. The normalized spacial score (nSPS) is 13.3. The molecule has 0 saturated heterocycles. The Hall–Kier alpha value is -0.890. The molecule has 1 unspecified atom stereocenters. The zero-order chi connectivity index (χ0) is 15.6. The van der Waals surface area contributed by atoms with Gasteiger partial charge in [0.2, 0.25) is 10.0 Å². The van der Waals surface area contributed by atoms with Gasteiger partial charge >= 0.3 is 0 Å². The van der Waals surface area contributed by atoms with Crippen molar-refractivity contribution in [2.45, 2.75) is 31.2 Å². The molecule has 0 spiro atoms. The molecule has 7 heteroatoms. The van der Waals surface area contributed by atoms with Crippen molar-refractivity contribution in [2.75, 3.05) is 5.73 Å². The van der Waals surface area contributed by atoms with Crippen LogP contribution in [0.4, 0.5) is 5.69 Å². The molecular formula is C14H17BrN2O2S2. The third kappa shape index (κ3) is 4.29. The molecular weight excluding hydrogens is 372 g/mol. The number of anilines is 1. The Morgan fingerprint density at radius 3 is 2.67 bits per heavy atom. The highest BCUT2D eigenvalue weighted by molar-refractivity contribution is 9.10. The molecule has 0 fully saturated rings. The average molecular weight is 389 g/mol. The van der Waals surface area contributed by atoms with Crippen molar-refractivity contribution < 1.29 is 8.42 Å². The van der Waals surface area contributed by atoms with Crippen LogP contribution in [-0.4, -0.2) is 14.5 Å². The molecule has 1 aromatic heterocycles. The maximum atomic E-state index is 12.4. The number of aryl methyl sites for hydroxylation is 1. The van der Waals surface area contributed by atoms with E-state index >= 15 is 0 Å². The third-order valence-corrected chi connectivity index (χ3v) is 6.09. The summed E-state index contributed by atoms with van der Waals surface area (Å²) in [4.78, 5) is 2.48. The highest BCUT2D eigenvalue weighted by Crippen LogP contribution is 2.23. The standard InChI is InChI=1S/C14H17BrN2O2S2/c1-9(7-12-5-3-10(2)20-12)17-21(18,19)14-8-11(15)4-6-13(14)16/h3-6,8-9,17H,7,16H2,1-2H3. The number of halogens is 1. The predicted octanol–water partition coefficient (Wildman–Crippen LogP) is 3.31. The minimum Gasteiger partial charge on any atom is -0.398 e. The Balaban J connectivity index is 2.15. The zero-order valence-electron chi connectivity index (χ0n) is 11.8. The van der Waals surface area contributed by atoms with E-state index in [1.54, 1.807) is 23.5 Å². The lowest BCUT2D eigenvalue weighted by Gasteiger charge is -2.15. The number of hydrogen-bond donors (Lipinski definition) is 2. The van der Waals surface area contributed by atoms with Gasteiger partial charge in [-0.05, 0) is 50.6 Å². The van der Waals surface area contributed by atoms with Crippen LogP contribution in [0.5, 0.6) is 0 Å². The third-order valence-electron chi connectivity index (χ3n) is 2.92. The summed E-state index contributed by atoms with van der Waals surface area (Å²) in [6.45, 7) is 3.88. The van der Waals surface area contributed by atoms with Gasteiger partial charge in [-0.15, -0.1) is 11.3 Å². The average Bonchev–Trinajstić information content (AvgIpc) is 2.76. The highest BCUT2D eigenvalue weighted by atomic mass is 79.9. The molecule has 0 bridgehead atoms. The second-order valence-electron chi connectivity index (χ2n) is 4.92. The van der Waals surface area contributed by atoms with Crippen molar-refractivity contribution in [3.8, 4) is 0 Å². The molecule has 1 heterocycles. The van der Waals surface area contributed by atoms with Crippen molar-refractivity contribution in [1.82, 2.24) is 4.72 Å². The Morgan fingerprint density at radius 1 is 1.33 bits per heavy atom. The summed E-state index contributed by atoms with van der Waals surface area (Å²) in [7, 11) is -3.63. The van der Waals surface area contributed by atoms with E-state index in [0.717, 1.165) is 4.88 Å². The number of nitrogens with one attached hydrogen (secondary N) is 1. The summed E-state index contributed by atoms with van der Waals surface area (Å²) >= 11 is 4.94. The molecule has 0 radical (unpaired) electrons. The molecule has 0 aliphatic rings. The van der Waals surface area contributed by atoms with Crippen LogP contribution in [0, 0.1) is 6.92 Å². The van der Waals surface area contributed by atoms with Gasteiger partial charge in [-0.1, -0.05) is 15.9 Å². The largest absolute Gasteiger partial charge is 0.398 e. The van der Waals surface area contributed by atoms with Gasteiger partial charge in [0.05, 0.1) is 5.69 Å². The van der Waals surface area contributed by atoms with Crippen molar-refractivity contribution in [2.24, 2.45) is 0 Å². The number of nitrogens with two attached hydrogens (primary N) is 1. The minimum atomic E-state index is -3.63. The van der Waals surface area contributed by atoms with Crippen LogP contribution in [0.1, 0.15) is 16.7 Å². The van der Waals surface area contributed by atoms with E-state index in [9.17, 15) is 8.42 Å². The molecule has 0 aliphatic heterocycles. The summed E-state index contributed by atoms with van der Waals surface area (Å²) in [6, 6.07) is 8.66. The van der Waals surface area contributed by atoms with Gasteiger partial charge in [-0.2, -0.15) is 0 Å². The van der Waals surface area contributed by atoms with Crippen LogP contribution in [0.15, 0.2) is 39.7 Å². The van der Waals surface area contributed by atoms with E-state index in [0.29, 0.717) is 10.9 Å². The number of thiophene rings is 1. The first kappa shape index (κ1) is 16.5. The fraction of sp³-hybridized carbons (Fsp3) is 0.286. The Kier molecular flexibility index (Phi) is 5.08. The molecule has 114 valence electrons. The second kappa shape index (κ2) is 6.48. The molecule has 0 aliphatic carbocycles. The molecule has 1 atom stereocenters. The summed E-state index contributed by atoms with van der Waals surface area (Å²) < 4.78 is 28.2. The Morgan fingerprint density at radius 2 is 2.05 bits per heavy atom. The number of benzene rings is 1. The van der Waals surface area contributed by atoms with Gasteiger partial charge in [0.15, 0.2) is 0 Å². The number of sulfonamides is 1. The Labute approximate surface area is 137 Å². The first-order valence-electron chi connectivity index (χ1n) is 6.40. The fourth-order valence-corrected chi connectivity index (χ4v) is 4.94. The summed E-state index contributed by atoms with van der Waals surface area (Å²) in [5.41, 5.74) is 6.01. The van der Waals surface area contributed by atoms with Crippen molar-refractivity contribution in [1.29, 1.82) is 0 Å². The lowest BCUT2D eigenvalue weighted by Crippen LogP contribution is -2.34. The number of nitrogen functional groups attached to an aromatic ring is 1. The van der Waals surface area contributed by atoms with E-state index in [1.165, 1.54) is 10.9 Å². The molecule has 1 aromatic carbocycles. The van der Waals surface area contributed by atoms with Gasteiger partial charge < -0.3 is 5.73 Å². The van der Waals surface area contributed by atoms with Crippen molar-refractivity contribution in [3.05, 3.63) is 44.6 Å². The van der Waals surface area contributed by atoms with Gasteiger partial charge in [0.25, 0.3) is 0 Å². The first-order chi connectivity index (χ1) is 9.78. The lowest BCUT2D eigenvalue weighted by atomic mass is 10.2. The predicted molar refractivity (Wildman–Crippen MR) is 91.1 cm³/mol. The van der Waals surface area contributed by atoms with Crippen LogP contribution in [0.3, 0.4) is 0 Å². The summed E-state index contributed by atoms with van der Waals surface area (Å²) in [5.74, 6) is 0. The van der Waals surface area contributed by atoms with Crippen molar-refractivity contribution in [3.63, 3.8) is 0 Å². The van der Waals surface area contributed by atoms with E-state index in [-0.39, 0.29) is 16.6 Å². The molecule has 2 rings (SSSR count). The van der Waals surface area contributed by atoms with Gasteiger partial charge in [-0.25, -0.2) is 13.1 Å². The van der Waals surface area contributed by atoms with E-state index in [2.05, 4.69) is 20.7 Å². The van der Waals surface area contributed by atoms with Crippen LogP contribution >= 0.6 is 27.3 Å². The molecule has 3 N–H and O–H groups in total. The van der Waals surface area contributed by atoms with Gasteiger partial charge in [0, 0.05) is 20.3 Å².